The Morgan fingerprint density at radius 2 is 2.31 bits per heavy atom. The number of nitrogens with zero attached hydrogens (tertiary/aromatic N) is 3. The first-order valence-electron chi connectivity index (χ1n) is 5.97. The van der Waals surface area contributed by atoms with Gasteiger partial charge in [0.25, 0.3) is 6.33 Å². The summed E-state index contributed by atoms with van der Waals surface area (Å²) < 4.78 is 3.55. The van der Waals surface area contributed by atoms with Gasteiger partial charge in [-0.15, -0.1) is 0 Å². The quantitative estimate of drug-likeness (QED) is 0.660. The summed E-state index contributed by atoms with van der Waals surface area (Å²) in [7, 11) is 1.92. The van der Waals surface area contributed by atoms with E-state index in [9.17, 15) is 4.79 Å². The number of rotatable bonds is 1. The monoisotopic (exact) mass is 222 g/mol. The predicted molar refractivity (Wildman–Crippen MR) is 61.0 cm³/mol. The zero-order chi connectivity index (χ0) is 11.7. The lowest BCUT2D eigenvalue weighted by Crippen LogP contribution is -2.40. The maximum absolute atomic E-state index is 12.3. The van der Waals surface area contributed by atoms with Crippen LogP contribution in [0.3, 0.4) is 0 Å². The standard InChI is InChI=1S/C12H20N3O/c1-4-11-10(2)5-6-15(11)12(16)14-8-7-13(3)9-14/h7-11H,4-6H2,1-3H3/q+1. The van der Waals surface area contributed by atoms with Crippen LogP contribution in [0.1, 0.15) is 26.7 Å². The first kappa shape index (κ1) is 11.2. The SMILES string of the molecule is CCC1C(C)CCN1C(=O)n1cc[n+](C)c1. The lowest BCUT2D eigenvalue weighted by molar-refractivity contribution is -0.670. The van der Waals surface area contributed by atoms with Crippen LogP contribution in [0.5, 0.6) is 0 Å². The number of amides is 1. The summed E-state index contributed by atoms with van der Waals surface area (Å²) in [5.74, 6) is 0.623. The molecule has 88 valence electrons. The van der Waals surface area contributed by atoms with Crippen LogP contribution in [-0.4, -0.2) is 28.1 Å². The molecule has 0 bridgehead atoms. The highest BCUT2D eigenvalue weighted by Gasteiger charge is 2.35. The topological polar surface area (TPSA) is 29.1 Å². The molecule has 2 atom stereocenters. The lowest BCUT2D eigenvalue weighted by atomic mass is 10.0. The molecule has 16 heavy (non-hydrogen) atoms. The predicted octanol–water partition coefficient (Wildman–Crippen LogP) is 1.40. The second-order valence-corrected chi connectivity index (χ2v) is 4.70. The zero-order valence-electron chi connectivity index (χ0n) is 10.3. The molecule has 1 fully saturated rings. The van der Waals surface area contributed by atoms with E-state index in [1.54, 1.807) is 4.57 Å². The fraction of sp³-hybridized carbons (Fsp3) is 0.667. The summed E-state index contributed by atoms with van der Waals surface area (Å²) in [5, 5.41) is 0. The van der Waals surface area contributed by atoms with Gasteiger partial charge in [0.15, 0.2) is 0 Å². The van der Waals surface area contributed by atoms with E-state index in [4.69, 9.17) is 0 Å². The van der Waals surface area contributed by atoms with E-state index in [1.807, 2.05) is 35.2 Å². The molecule has 0 saturated carbocycles. The van der Waals surface area contributed by atoms with Gasteiger partial charge in [0.1, 0.15) is 12.4 Å². The third-order valence-electron chi connectivity index (χ3n) is 3.54. The van der Waals surface area contributed by atoms with Gasteiger partial charge in [0.05, 0.1) is 7.05 Å². The van der Waals surface area contributed by atoms with Crippen LogP contribution >= 0.6 is 0 Å². The third-order valence-corrected chi connectivity index (χ3v) is 3.54. The molecule has 2 rings (SSSR count). The van der Waals surface area contributed by atoms with Crippen molar-refractivity contribution in [2.75, 3.05) is 6.54 Å². The molecule has 0 radical (unpaired) electrons. The van der Waals surface area contributed by atoms with Gasteiger partial charge in [0, 0.05) is 12.6 Å². The first-order valence-corrected chi connectivity index (χ1v) is 5.97. The van der Waals surface area contributed by atoms with E-state index in [0.717, 1.165) is 19.4 Å². The minimum Gasteiger partial charge on any atom is -0.301 e. The molecular formula is C12H20N3O+. The van der Waals surface area contributed by atoms with Crippen molar-refractivity contribution in [1.29, 1.82) is 0 Å². The Labute approximate surface area is 96.5 Å². The average Bonchev–Trinajstić information content (AvgIpc) is 2.83. The fourth-order valence-electron chi connectivity index (χ4n) is 2.58. The molecule has 4 heteroatoms. The Balaban J connectivity index is 2.16. The van der Waals surface area contributed by atoms with Gasteiger partial charge in [-0.3, -0.25) is 0 Å². The highest BCUT2D eigenvalue weighted by Crippen LogP contribution is 2.26. The Morgan fingerprint density at radius 1 is 1.56 bits per heavy atom. The Bertz CT molecular complexity index is 385. The largest absolute Gasteiger partial charge is 0.416 e. The van der Waals surface area contributed by atoms with E-state index < -0.39 is 0 Å². The van der Waals surface area contributed by atoms with E-state index in [2.05, 4.69) is 13.8 Å². The van der Waals surface area contributed by atoms with Crippen LogP contribution in [0.2, 0.25) is 0 Å². The van der Waals surface area contributed by atoms with E-state index in [-0.39, 0.29) is 6.03 Å². The van der Waals surface area contributed by atoms with E-state index >= 15 is 0 Å². The highest BCUT2D eigenvalue weighted by molar-refractivity contribution is 5.77. The maximum atomic E-state index is 12.3. The van der Waals surface area contributed by atoms with Crippen LogP contribution in [0, 0.1) is 5.92 Å². The second-order valence-electron chi connectivity index (χ2n) is 4.70. The number of imidazole rings is 1. The number of aromatic nitrogens is 2. The van der Waals surface area contributed by atoms with Crippen LogP contribution in [0.4, 0.5) is 4.79 Å². The molecule has 1 amide bonds. The van der Waals surface area contributed by atoms with Gasteiger partial charge in [-0.25, -0.2) is 9.36 Å². The number of aryl methyl sites for hydroxylation is 1. The van der Waals surface area contributed by atoms with Gasteiger partial charge in [-0.05, 0) is 18.8 Å². The minimum absolute atomic E-state index is 0.108. The summed E-state index contributed by atoms with van der Waals surface area (Å²) in [6.45, 7) is 5.28. The summed E-state index contributed by atoms with van der Waals surface area (Å²) in [6, 6.07) is 0.511. The normalized spacial score (nSPS) is 25.1. The van der Waals surface area contributed by atoms with Crippen molar-refractivity contribution in [1.82, 2.24) is 9.47 Å². The zero-order valence-corrected chi connectivity index (χ0v) is 10.3. The number of likely N-dealkylation sites (tertiary alicyclic amines) is 1. The molecule has 2 heterocycles. The highest BCUT2D eigenvalue weighted by atomic mass is 16.2. The maximum Gasteiger partial charge on any atom is 0.416 e. The smallest absolute Gasteiger partial charge is 0.301 e. The van der Waals surface area contributed by atoms with Crippen molar-refractivity contribution in [2.45, 2.75) is 32.7 Å². The summed E-state index contributed by atoms with van der Waals surface area (Å²) in [5.41, 5.74) is 0. The molecule has 2 unspecified atom stereocenters. The van der Waals surface area contributed by atoms with Crippen molar-refractivity contribution in [3.05, 3.63) is 18.7 Å². The second kappa shape index (κ2) is 4.28. The van der Waals surface area contributed by atoms with Gasteiger partial charge in [-0.1, -0.05) is 13.8 Å². The van der Waals surface area contributed by atoms with Crippen molar-refractivity contribution in [3.63, 3.8) is 0 Å². The van der Waals surface area contributed by atoms with Crippen molar-refractivity contribution in [2.24, 2.45) is 13.0 Å². The molecule has 1 aromatic rings. The third kappa shape index (κ3) is 1.84. The van der Waals surface area contributed by atoms with Crippen LogP contribution < -0.4 is 4.57 Å². The van der Waals surface area contributed by atoms with Gasteiger partial charge in [-0.2, -0.15) is 4.57 Å². The van der Waals surface area contributed by atoms with Gasteiger partial charge < -0.3 is 4.90 Å². The van der Waals surface area contributed by atoms with Crippen molar-refractivity contribution >= 4 is 6.03 Å². The van der Waals surface area contributed by atoms with Gasteiger partial charge >= 0.3 is 6.03 Å². The Kier molecular flexibility index (Phi) is 2.99. The molecule has 0 N–H and O–H groups in total. The average molecular weight is 222 g/mol. The molecule has 4 nitrogen and oxygen atoms in total. The molecule has 1 aliphatic heterocycles. The fourth-order valence-corrected chi connectivity index (χ4v) is 2.58. The summed E-state index contributed by atoms with van der Waals surface area (Å²) >= 11 is 0. The lowest BCUT2D eigenvalue weighted by Gasteiger charge is -2.23. The molecule has 0 spiro atoms. The first-order chi connectivity index (χ1) is 7.63. The molecule has 1 aromatic heterocycles. The van der Waals surface area contributed by atoms with Gasteiger partial charge in [0.2, 0.25) is 0 Å². The van der Waals surface area contributed by atoms with Crippen LogP contribution in [-0.2, 0) is 7.05 Å². The molecular weight excluding hydrogens is 202 g/mol. The van der Waals surface area contributed by atoms with E-state index in [1.165, 1.54) is 0 Å². The molecule has 0 aromatic carbocycles. The van der Waals surface area contributed by atoms with Crippen molar-refractivity contribution in [3.8, 4) is 0 Å². The molecule has 1 aliphatic rings. The number of carbonyl (C=O) groups excluding carboxylic acids is 1. The Hall–Kier alpha value is -1.32. The number of hydrogen-bond acceptors (Lipinski definition) is 1. The Morgan fingerprint density at radius 3 is 2.88 bits per heavy atom. The molecule has 1 saturated heterocycles. The number of hydrogen-bond donors (Lipinski definition) is 0. The number of carbonyl (C=O) groups is 1. The summed E-state index contributed by atoms with van der Waals surface area (Å²) in [6.07, 6.45) is 7.69. The minimum atomic E-state index is 0.108. The van der Waals surface area contributed by atoms with E-state index in [0.29, 0.717) is 12.0 Å². The molecule has 0 aliphatic carbocycles. The van der Waals surface area contributed by atoms with Crippen LogP contribution in [0.15, 0.2) is 18.7 Å². The summed E-state index contributed by atoms with van der Waals surface area (Å²) in [4.78, 5) is 14.3. The van der Waals surface area contributed by atoms with Crippen LogP contribution in [0.25, 0.3) is 0 Å². The van der Waals surface area contributed by atoms with Crippen molar-refractivity contribution < 1.29 is 9.36 Å².